The lowest BCUT2D eigenvalue weighted by molar-refractivity contribution is 0.761. The molecule has 2 nitrogen and oxygen atoms in total. The van der Waals surface area contributed by atoms with Gasteiger partial charge in [0.15, 0.2) is 0 Å². The summed E-state index contributed by atoms with van der Waals surface area (Å²) >= 11 is 0. The zero-order chi connectivity index (χ0) is 7.98. The van der Waals surface area contributed by atoms with Crippen LogP contribution >= 0.6 is 0 Å². The third-order valence-corrected chi connectivity index (χ3v) is 1.43. The highest BCUT2D eigenvalue weighted by Gasteiger charge is 1.99. The van der Waals surface area contributed by atoms with Crippen molar-refractivity contribution >= 4 is 5.71 Å². The SMILES string of the molecule is CC/C=C\C(=N)[C@@H](C)NC. The van der Waals surface area contributed by atoms with Crippen molar-refractivity contribution in [2.24, 2.45) is 0 Å². The van der Waals surface area contributed by atoms with Crippen molar-refractivity contribution in [1.82, 2.24) is 5.32 Å². The Morgan fingerprint density at radius 3 is 2.70 bits per heavy atom. The van der Waals surface area contributed by atoms with Crippen LogP contribution in [0.5, 0.6) is 0 Å². The molecule has 0 aromatic rings. The molecule has 0 aliphatic carbocycles. The normalized spacial score (nSPS) is 13.9. The van der Waals surface area contributed by atoms with E-state index in [4.69, 9.17) is 5.41 Å². The molecule has 0 unspecified atom stereocenters. The van der Waals surface area contributed by atoms with Gasteiger partial charge in [0, 0.05) is 11.8 Å². The summed E-state index contributed by atoms with van der Waals surface area (Å²) in [6, 6.07) is 0.169. The molecule has 0 saturated heterocycles. The fourth-order valence-electron chi connectivity index (χ4n) is 0.545. The van der Waals surface area contributed by atoms with E-state index in [1.165, 1.54) is 0 Å². The van der Waals surface area contributed by atoms with Crippen LogP contribution in [0.3, 0.4) is 0 Å². The van der Waals surface area contributed by atoms with E-state index in [2.05, 4.69) is 12.2 Å². The van der Waals surface area contributed by atoms with E-state index in [1.54, 1.807) is 0 Å². The summed E-state index contributed by atoms with van der Waals surface area (Å²) in [6.07, 6.45) is 4.84. The maximum atomic E-state index is 7.45. The Kier molecular flexibility index (Phi) is 4.85. The molecule has 0 fully saturated rings. The first kappa shape index (κ1) is 9.37. The molecule has 0 spiro atoms. The van der Waals surface area contributed by atoms with E-state index >= 15 is 0 Å². The maximum absolute atomic E-state index is 7.45. The summed E-state index contributed by atoms with van der Waals surface area (Å²) in [6.45, 7) is 4.04. The van der Waals surface area contributed by atoms with Gasteiger partial charge in [0.25, 0.3) is 0 Å². The van der Waals surface area contributed by atoms with Gasteiger partial charge in [-0.15, -0.1) is 0 Å². The Hall–Kier alpha value is -0.630. The van der Waals surface area contributed by atoms with Gasteiger partial charge >= 0.3 is 0 Å². The zero-order valence-electron chi connectivity index (χ0n) is 6.94. The van der Waals surface area contributed by atoms with Crippen molar-refractivity contribution in [2.75, 3.05) is 7.05 Å². The quantitative estimate of drug-likeness (QED) is 0.571. The minimum absolute atomic E-state index is 0.169. The van der Waals surface area contributed by atoms with Gasteiger partial charge in [-0.3, -0.25) is 0 Å². The molecule has 0 aliphatic rings. The molecule has 1 atom stereocenters. The average molecular weight is 140 g/mol. The lowest BCUT2D eigenvalue weighted by Gasteiger charge is -2.06. The Morgan fingerprint density at radius 1 is 1.70 bits per heavy atom. The van der Waals surface area contributed by atoms with Gasteiger partial charge in [0.2, 0.25) is 0 Å². The van der Waals surface area contributed by atoms with Gasteiger partial charge in [0.05, 0.1) is 0 Å². The highest BCUT2D eigenvalue weighted by Crippen LogP contribution is 1.88. The van der Waals surface area contributed by atoms with E-state index in [-0.39, 0.29) is 6.04 Å². The van der Waals surface area contributed by atoms with Crippen LogP contribution < -0.4 is 5.32 Å². The van der Waals surface area contributed by atoms with Gasteiger partial charge in [-0.2, -0.15) is 0 Å². The van der Waals surface area contributed by atoms with Crippen LogP contribution in [0, 0.1) is 5.41 Å². The molecular weight excluding hydrogens is 124 g/mol. The molecule has 0 aromatic heterocycles. The summed E-state index contributed by atoms with van der Waals surface area (Å²) in [7, 11) is 1.86. The van der Waals surface area contributed by atoms with Gasteiger partial charge < -0.3 is 10.7 Å². The second-order valence-corrected chi connectivity index (χ2v) is 2.28. The van der Waals surface area contributed by atoms with Crippen LogP contribution in [0.1, 0.15) is 20.3 Å². The molecule has 10 heavy (non-hydrogen) atoms. The molecule has 0 amide bonds. The number of allylic oxidation sites excluding steroid dienone is 1. The lowest BCUT2D eigenvalue weighted by atomic mass is 10.2. The highest BCUT2D eigenvalue weighted by atomic mass is 14.9. The van der Waals surface area contributed by atoms with Gasteiger partial charge in [-0.1, -0.05) is 13.0 Å². The number of hydrogen-bond acceptors (Lipinski definition) is 2. The van der Waals surface area contributed by atoms with Crippen LogP contribution in [0.2, 0.25) is 0 Å². The third-order valence-electron chi connectivity index (χ3n) is 1.43. The first-order valence-corrected chi connectivity index (χ1v) is 3.64. The molecule has 0 aromatic carbocycles. The predicted molar refractivity (Wildman–Crippen MR) is 45.7 cm³/mol. The fraction of sp³-hybridized carbons (Fsp3) is 0.625. The van der Waals surface area contributed by atoms with E-state index in [0.29, 0.717) is 5.71 Å². The Labute approximate surface area is 62.8 Å². The zero-order valence-corrected chi connectivity index (χ0v) is 6.94. The fourth-order valence-corrected chi connectivity index (χ4v) is 0.545. The van der Waals surface area contributed by atoms with E-state index < -0.39 is 0 Å². The van der Waals surface area contributed by atoms with Crippen LogP contribution in [0.4, 0.5) is 0 Å². The molecule has 0 heterocycles. The minimum atomic E-state index is 0.169. The first-order valence-electron chi connectivity index (χ1n) is 3.64. The van der Waals surface area contributed by atoms with Crippen LogP contribution in [-0.4, -0.2) is 18.8 Å². The van der Waals surface area contributed by atoms with Crippen molar-refractivity contribution in [3.8, 4) is 0 Å². The standard InChI is InChI=1S/C8H16N2/c1-4-5-6-8(9)7(2)10-3/h5-7,9-10H,4H2,1-3H3/b6-5-,9-8?/t7-/m1/s1. The maximum Gasteiger partial charge on any atom is 0.0477 e. The molecule has 0 rings (SSSR count). The van der Waals surface area contributed by atoms with E-state index in [0.717, 1.165) is 6.42 Å². The van der Waals surface area contributed by atoms with Crippen molar-refractivity contribution in [2.45, 2.75) is 26.3 Å². The molecule has 2 N–H and O–H groups in total. The van der Waals surface area contributed by atoms with Crippen LogP contribution in [0.25, 0.3) is 0 Å². The van der Waals surface area contributed by atoms with E-state index in [9.17, 15) is 0 Å². The lowest BCUT2D eigenvalue weighted by Crippen LogP contribution is -2.28. The van der Waals surface area contributed by atoms with Crippen molar-refractivity contribution in [1.29, 1.82) is 5.41 Å². The van der Waals surface area contributed by atoms with Crippen LogP contribution in [0.15, 0.2) is 12.2 Å². The Balaban J connectivity index is 3.72. The minimum Gasteiger partial charge on any atom is -0.312 e. The topological polar surface area (TPSA) is 35.9 Å². The van der Waals surface area contributed by atoms with Gasteiger partial charge in [0.1, 0.15) is 0 Å². The first-order chi connectivity index (χ1) is 4.72. The summed E-state index contributed by atoms with van der Waals surface area (Å²) < 4.78 is 0. The second kappa shape index (κ2) is 5.18. The summed E-state index contributed by atoms with van der Waals surface area (Å²) in [5.41, 5.74) is 0.643. The number of rotatable bonds is 4. The smallest absolute Gasteiger partial charge is 0.0477 e. The number of nitrogens with one attached hydrogen (secondary N) is 2. The third kappa shape index (κ3) is 3.41. The van der Waals surface area contributed by atoms with Crippen LogP contribution in [-0.2, 0) is 0 Å². The largest absolute Gasteiger partial charge is 0.312 e. The second-order valence-electron chi connectivity index (χ2n) is 2.28. The molecule has 2 heteroatoms. The van der Waals surface area contributed by atoms with Crippen molar-refractivity contribution < 1.29 is 0 Å². The number of hydrogen-bond donors (Lipinski definition) is 2. The molecular formula is C8H16N2. The highest BCUT2D eigenvalue weighted by molar-refractivity contribution is 5.96. The summed E-state index contributed by atoms with van der Waals surface area (Å²) in [5.74, 6) is 0. The van der Waals surface area contributed by atoms with Crippen molar-refractivity contribution in [3.63, 3.8) is 0 Å². The van der Waals surface area contributed by atoms with E-state index in [1.807, 2.05) is 26.1 Å². The molecule has 0 radical (unpaired) electrons. The van der Waals surface area contributed by atoms with Gasteiger partial charge in [-0.05, 0) is 26.5 Å². The molecule has 58 valence electrons. The summed E-state index contributed by atoms with van der Waals surface area (Å²) in [5, 5.41) is 10.4. The molecule has 0 aliphatic heterocycles. The molecule has 0 saturated carbocycles. The monoisotopic (exact) mass is 140 g/mol. The Bertz CT molecular complexity index is 127. The average Bonchev–Trinajstić information content (AvgIpc) is 1.98. The van der Waals surface area contributed by atoms with Crippen molar-refractivity contribution in [3.05, 3.63) is 12.2 Å². The Morgan fingerprint density at radius 2 is 2.30 bits per heavy atom. The molecule has 0 bridgehead atoms. The predicted octanol–water partition coefficient (Wildman–Crippen LogP) is 1.58. The summed E-state index contributed by atoms with van der Waals surface area (Å²) in [4.78, 5) is 0. The van der Waals surface area contributed by atoms with Gasteiger partial charge in [-0.25, -0.2) is 0 Å².